The smallest absolute Gasteiger partial charge is 0.188 e. The summed E-state index contributed by atoms with van der Waals surface area (Å²) < 4.78 is 16.2. The van der Waals surface area contributed by atoms with E-state index < -0.39 is 0 Å². The number of hydrogen-bond acceptors (Lipinski definition) is 4. The molecule has 0 aliphatic carbocycles. The maximum Gasteiger partial charge on any atom is 0.188 e. The first-order valence-electron chi connectivity index (χ1n) is 7.64. The Morgan fingerprint density at radius 2 is 2.23 bits per heavy atom. The van der Waals surface area contributed by atoms with Crippen molar-refractivity contribution in [3.8, 4) is 5.75 Å². The number of hydrogen-bond donors (Lipinski definition) is 2. The fourth-order valence-corrected chi connectivity index (χ4v) is 2.21. The largest absolute Gasteiger partial charge is 0.497 e. The summed E-state index contributed by atoms with van der Waals surface area (Å²) in [6.45, 7) is 3.25. The lowest BCUT2D eigenvalue weighted by atomic mass is 10.2. The van der Waals surface area contributed by atoms with Crippen molar-refractivity contribution >= 4 is 5.96 Å². The normalized spacial score (nSPS) is 18.4. The number of nitrogens with zero attached hydrogens (tertiary/aromatic N) is 1. The van der Waals surface area contributed by atoms with E-state index in [0.717, 1.165) is 30.8 Å². The zero-order valence-corrected chi connectivity index (χ0v) is 13.1. The fraction of sp³-hybridized carbons (Fsp3) is 0.562. The predicted octanol–water partition coefficient (Wildman–Crippen LogP) is 1.30. The number of benzene rings is 1. The van der Waals surface area contributed by atoms with Crippen LogP contribution in [0, 0.1) is 0 Å². The summed E-state index contributed by atoms with van der Waals surface area (Å²) in [7, 11) is 1.65. The lowest BCUT2D eigenvalue weighted by molar-refractivity contribution is 0.117. The number of nitrogens with one attached hydrogen (secondary N) is 1. The topological polar surface area (TPSA) is 78.1 Å². The van der Waals surface area contributed by atoms with Gasteiger partial charge in [0.25, 0.3) is 0 Å². The van der Waals surface area contributed by atoms with Crippen LogP contribution in [0.3, 0.4) is 0 Å². The van der Waals surface area contributed by atoms with Gasteiger partial charge in [-0.1, -0.05) is 12.1 Å². The molecular formula is C16H25N3O3. The van der Waals surface area contributed by atoms with E-state index in [2.05, 4.69) is 10.3 Å². The van der Waals surface area contributed by atoms with Crippen LogP contribution in [0.4, 0.5) is 0 Å². The van der Waals surface area contributed by atoms with Gasteiger partial charge in [-0.3, -0.25) is 4.99 Å². The van der Waals surface area contributed by atoms with E-state index in [0.29, 0.717) is 32.3 Å². The second-order valence-electron chi connectivity index (χ2n) is 5.19. The van der Waals surface area contributed by atoms with Gasteiger partial charge in [0, 0.05) is 13.2 Å². The van der Waals surface area contributed by atoms with Crippen molar-refractivity contribution < 1.29 is 14.2 Å². The number of methoxy groups -OCH3 is 1. The number of rotatable bonds is 8. The molecule has 0 aromatic heterocycles. The molecule has 122 valence electrons. The molecule has 1 unspecified atom stereocenters. The molecule has 2 rings (SSSR count). The van der Waals surface area contributed by atoms with E-state index in [1.54, 1.807) is 7.11 Å². The molecule has 0 saturated carbocycles. The summed E-state index contributed by atoms with van der Waals surface area (Å²) in [6, 6.07) is 7.83. The lowest BCUT2D eigenvalue weighted by Gasteiger charge is -2.09. The first-order valence-corrected chi connectivity index (χ1v) is 7.64. The molecule has 0 radical (unpaired) electrons. The van der Waals surface area contributed by atoms with E-state index in [1.165, 1.54) is 0 Å². The lowest BCUT2D eigenvalue weighted by Crippen LogP contribution is -2.35. The quantitative estimate of drug-likeness (QED) is 0.430. The monoisotopic (exact) mass is 307 g/mol. The Balaban J connectivity index is 1.55. The van der Waals surface area contributed by atoms with Gasteiger partial charge in [-0.15, -0.1) is 0 Å². The number of ether oxygens (including phenoxy) is 3. The Morgan fingerprint density at radius 1 is 1.41 bits per heavy atom. The van der Waals surface area contributed by atoms with Gasteiger partial charge in [0.2, 0.25) is 0 Å². The van der Waals surface area contributed by atoms with Crippen LogP contribution in [-0.2, 0) is 16.1 Å². The molecule has 0 spiro atoms. The molecule has 1 atom stereocenters. The molecule has 1 aromatic carbocycles. The van der Waals surface area contributed by atoms with Crippen molar-refractivity contribution in [2.45, 2.75) is 25.6 Å². The average molecular weight is 307 g/mol. The first-order chi connectivity index (χ1) is 10.8. The second kappa shape index (κ2) is 9.27. The molecular weight excluding hydrogens is 282 g/mol. The van der Waals surface area contributed by atoms with E-state index >= 15 is 0 Å². The maximum atomic E-state index is 5.79. The van der Waals surface area contributed by atoms with Gasteiger partial charge in [-0.25, -0.2) is 0 Å². The van der Waals surface area contributed by atoms with E-state index in [9.17, 15) is 0 Å². The van der Waals surface area contributed by atoms with Gasteiger partial charge in [0.1, 0.15) is 5.75 Å². The van der Waals surface area contributed by atoms with Crippen molar-refractivity contribution in [2.24, 2.45) is 10.7 Å². The Bertz CT molecular complexity index is 456. The molecule has 0 bridgehead atoms. The minimum Gasteiger partial charge on any atom is -0.497 e. The summed E-state index contributed by atoms with van der Waals surface area (Å²) in [6.07, 6.45) is 2.42. The summed E-state index contributed by atoms with van der Waals surface area (Å²) in [5.74, 6) is 1.30. The SMILES string of the molecule is COc1ccc(COCCNC(N)=NCC2CCCO2)cc1. The van der Waals surface area contributed by atoms with Gasteiger partial charge in [-0.2, -0.15) is 0 Å². The van der Waals surface area contributed by atoms with Crippen molar-refractivity contribution in [3.63, 3.8) is 0 Å². The van der Waals surface area contributed by atoms with Crippen LogP contribution in [0.2, 0.25) is 0 Å². The van der Waals surface area contributed by atoms with Crippen LogP contribution in [0.15, 0.2) is 29.3 Å². The van der Waals surface area contributed by atoms with E-state index in [1.807, 2.05) is 24.3 Å². The Kier molecular flexibility index (Phi) is 6.99. The molecule has 0 amide bonds. The number of nitrogens with two attached hydrogens (primary N) is 1. The third kappa shape index (κ3) is 5.91. The molecule has 3 N–H and O–H groups in total. The standard InChI is InChI=1S/C16H25N3O3/c1-20-14-6-4-13(5-7-14)12-21-10-8-18-16(17)19-11-15-3-2-9-22-15/h4-7,15H,2-3,8-12H2,1H3,(H3,17,18,19). The van der Waals surface area contributed by atoms with Gasteiger partial charge >= 0.3 is 0 Å². The maximum absolute atomic E-state index is 5.79. The second-order valence-corrected chi connectivity index (χ2v) is 5.19. The highest BCUT2D eigenvalue weighted by Crippen LogP contribution is 2.12. The first kappa shape index (κ1) is 16.6. The summed E-state index contributed by atoms with van der Waals surface area (Å²) in [5.41, 5.74) is 6.90. The van der Waals surface area contributed by atoms with Crippen LogP contribution in [0.5, 0.6) is 5.75 Å². The Morgan fingerprint density at radius 3 is 2.91 bits per heavy atom. The molecule has 22 heavy (non-hydrogen) atoms. The highest BCUT2D eigenvalue weighted by atomic mass is 16.5. The third-order valence-electron chi connectivity index (χ3n) is 3.47. The van der Waals surface area contributed by atoms with Crippen LogP contribution >= 0.6 is 0 Å². The average Bonchev–Trinajstić information content (AvgIpc) is 3.06. The van der Waals surface area contributed by atoms with Crippen molar-refractivity contribution in [1.82, 2.24) is 5.32 Å². The fourth-order valence-electron chi connectivity index (χ4n) is 2.21. The van der Waals surface area contributed by atoms with Crippen LogP contribution in [-0.4, -0.2) is 45.5 Å². The minimum absolute atomic E-state index is 0.228. The van der Waals surface area contributed by atoms with Crippen molar-refractivity contribution in [1.29, 1.82) is 0 Å². The van der Waals surface area contributed by atoms with E-state index in [-0.39, 0.29) is 6.10 Å². The third-order valence-corrected chi connectivity index (χ3v) is 3.47. The summed E-state index contributed by atoms with van der Waals surface area (Å²) >= 11 is 0. The number of guanidine groups is 1. The van der Waals surface area contributed by atoms with E-state index in [4.69, 9.17) is 19.9 Å². The van der Waals surface area contributed by atoms with Crippen LogP contribution < -0.4 is 15.8 Å². The van der Waals surface area contributed by atoms with Gasteiger partial charge < -0.3 is 25.3 Å². The molecule has 1 aliphatic heterocycles. The Labute approximate surface area is 131 Å². The van der Waals surface area contributed by atoms with Crippen LogP contribution in [0.25, 0.3) is 0 Å². The van der Waals surface area contributed by atoms with Gasteiger partial charge in [0.15, 0.2) is 5.96 Å². The van der Waals surface area contributed by atoms with Gasteiger partial charge in [-0.05, 0) is 30.5 Å². The molecule has 1 heterocycles. The Hall–Kier alpha value is -1.79. The van der Waals surface area contributed by atoms with Crippen molar-refractivity contribution in [3.05, 3.63) is 29.8 Å². The van der Waals surface area contributed by atoms with Crippen molar-refractivity contribution in [2.75, 3.05) is 33.4 Å². The summed E-state index contributed by atoms with van der Waals surface area (Å²) in [4.78, 5) is 4.27. The predicted molar refractivity (Wildman–Crippen MR) is 86.1 cm³/mol. The zero-order valence-electron chi connectivity index (χ0n) is 13.1. The molecule has 1 aliphatic rings. The zero-order chi connectivity index (χ0) is 15.6. The molecule has 1 fully saturated rings. The summed E-state index contributed by atoms with van der Waals surface area (Å²) in [5, 5.41) is 3.04. The highest BCUT2D eigenvalue weighted by molar-refractivity contribution is 5.77. The van der Waals surface area contributed by atoms with Crippen LogP contribution in [0.1, 0.15) is 18.4 Å². The molecule has 6 nitrogen and oxygen atoms in total. The minimum atomic E-state index is 0.228. The highest BCUT2D eigenvalue weighted by Gasteiger charge is 2.14. The molecule has 1 aromatic rings. The number of aliphatic imine (C=N–C) groups is 1. The van der Waals surface area contributed by atoms with Gasteiger partial charge in [0.05, 0.1) is 33.0 Å². The molecule has 1 saturated heterocycles. The molecule has 6 heteroatoms.